The van der Waals surface area contributed by atoms with Gasteiger partial charge in [-0.2, -0.15) is 0 Å². The zero-order valence-corrected chi connectivity index (χ0v) is 14.2. The van der Waals surface area contributed by atoms with Gasteiger partial charge in [-0.3, -0.25) is 0 Å². The molecular formula is C17H20INO. The van der Waals surface area contributed by atoms with Crippen molar-refractivity contribution in [3.05, 3.63) is 63.2 Å². The van der Waals surface area contributed by atoms with Gasteiger partial charge in [-0.15, -0.1) is 0 Å². The molecule has 1 unspecified atom stereocenters. The average Bonchev–Trinajstić information content (AvgIpc) is 2.43. The lowest BCUT2D eigenvalue weighted by molar-refractivity contribution is 0.238. The summed E-state index contributed by atoms with van der Waals surface area (Å²) in [7, 11) is 1.98. The van der Waals surface area contributed by atoms with Gasteiger partial charge in [-0.25, -0.2) is 0 Å². The minimum Gasteiger partial charge on any atom is -0.491 e. The second kappa shape index (κ2) is 7.09. The molecule has 106 valence electrons. The van der Waals surface area contributed by atoms with Gasteiger partial charge in [0.05, 0.1) is 12.1 Å². The van der Waals surface area contributed by atoms with Crippen LogP contribution < -0.4 is 10.1 Å². The van der Waals surface area contributed by atoms with E-state index in [2.05, 4.69) is 78.2 Å². The molecule has 0 saturated heterocycles. The first-order valence-electron chi connectivity index (χ1n) is 6.80. The largest absolute Gasteiger partial charge is 0.491 e. The quantitative estimate of drug-likeness (QED) is 0.776. The Morgan fingerprint density at radius 2 is 1.65 bits per heavy atom. The van der Waals surface area contributed by atoms with E-state index in [1.54, 1.807) is 0 Å². The smallest absolute Gasteiger partial charge is 0.124 e. The molecule has 0 fully saturated rings. The Morgan fingerprint density at radius 1 is 1.00 bits per heavy atom. The van der Waals surface area contributed by atoms with Gasteiger partial charge in [0, 0.05) is 9.13 Å². The second-order valence-corrected chi connectivity index (χ2v) is 6.22. The molecule has 0 aromatic heterocycles. The molecule has 1 atom stereocenters. The predicted octanol–water partition coefficient (Wildman–Crippen LogP) is 4.39. The van der Waals surface area contributed by atoms with E-state index in [0.29, 0.717) is 0 Å². The Kier molecular flexibility index (Phi) is 5.43. The molecule has 0 aliphatic carbocycles. The summed E-state index contributed by atoms with van der Waals surface area (Å²) in [5.41, 5.74) is 2.41. The maximum absolute atomic E-state index is 5.93. The fraction of sp³-hybridized carbons (Fsp3) is 0.294. The third kappa shape index (κ3) is 3.73. The van der Waals surface area contributed by atoms with Crippen LogP contribution in [0.15, 0.2) is 48.5 Å². The minimum absolute atomic E-state index is 0.141. The molecular weight excluding hydrogens is 361 g/mol. The summed E-state index contributed by atoms with van der Waals surface area (Å²) in [6.45, 7) is 4.10. The molecule has 2 rings (SSSR count). The molecule has 0 aliphatic rings. The van der Waals surface area contributed by atoms with Crippen molar-refractivity contribution in [2.45, 2.75) is 26.0 Å². The highest BCUT2D eigenvalue weighted by Gasteiger charge is 2.16. The van der Waals surface area contributed by atoms with Crippen LogP contribution in [0.2, 0.25) is 0 Å². The number of benzene rings is 2. The average molecular weight is 381 g/mol. The van der Waals surface area contributed by atoms with Gasteiger partial charge in [0.25, 0.3) is 0 Å². The number of para-hydroxylation sites is 1. The lowest BCUT2D eigenvalue weighted by Gasteiger charge is -2.22. The van der Waals surface area contributed by atoms with E-state index < -0.39 is 0 Å². The first-order valence-corrected chi connectivity index (χ1v) is 7.88. The lowest BCUT2D eigenvalue weighted by atomic mass is 9.98. The topological polar surface area (TPSA) is 21.3 Å². The fourth-order valence-corrected chi connectivity index (χ4v) is 2.60. The lowest BCUT2D eigenvalue weighted by Crippen LogP contribution is -2.19. The van der Waals surface area contributed by atoms with Crippen LogP contribution >= 0.6 is 22.6 Å². The van der Waals surface area contributed by atoms with Gasteiger partial charge in [0.15, 0.2) is 0 Å². The number of ether oxygens (including phenoxy) is 1. The molecule has 0 aliphatic heterocycles. The Morgan fingerprint density at radius 3 is 2.25 bits per heavy atom. The van der Waals surface area contributed by atoms with E-state index in [-0.39, 0.29) is 12.1 Å². The predicted molar refractivity (Wildman–Crippen MR) is 92.3 cm³/mol. The van der Waals surface area contributed by atoms with Crippen LogP contribution in [0, 0.1) is 3.57 Å². The molecule has 0 heterocycles. The summed E-state index contributed by atoms with van der Waals surface area (Å²) in [5.74, 6) is 0.945. The molecule has 1 N–H and O–H groups in total. The zero-order chi connectivity index (χ0) is 14.5. The second-order valence-electron chi connectivity index (χ2n) is 4.98. The van der Waals surface area contributed by atoms with Crippen LogP contribution in [0.1, 0.15) is 31.0 Å². The maximum atomic E-state index is 5.93. The molecule has 0 bridgehead atoms. The molecule has 2 aromatic carbocycles. The number of hydrogen-bond donors (Lipinski definition) is 1. The van der Waals surface area contributed by atoms with Gasteiger partial charge < -0.3 is 10.1 Å². The SMILES string of the molecule is CNC(c1ccc(I)cc1)c1ccccc1OC(C)C. The van der Waals surface area contributed by atoms with Crippen LogP contribution in [-0.4, -0.2) is 13.2 Å². The van der Waals surface area contributed by atoms with Crippen LogP contribution in [-0.2, 0) is 0 Å². The van der Waals surface area contributed by atoms with E-state index in [9.17, 15) is 0 Å². The Labute approximate surface area is 134 Å². The van der Waals surface area contributed by atoms with Gasteiger partial charge >= 0.3 is 0 Å². The summed E-state index contributed by atoms with van der Waals surface area (Å²) in [4.78, 5) is 0. The highest BCUT2D eigenvalue weighted by molar-refractivity contribution is 14.1. The zero-order valence-electron chi connectivity index (χ0n) is 12.1. The van der Waals surface area contributed by atoms with Gasteiger partial charge in [0.1, 0.15) is 5.75 Å². The third-order valence-corrected chi connectivity index (χ3v) is 3.80. The van der Waals surface area contributed by atoms with Crippen molar-refractivity contribution in [1.29, 1.82) is 0 Å². The van der Waals surface area contributed by atoms with E-state index in [4.69, 9.17) is 4.74 Å². The van der Waals surface area contributed by atoms with Crippen molar-refractivity contribution >= 4 is 22.6 Å². The normalized spacial score (nSPS) is 12.4. The van der Waals surface area contributed by atoms with Crippen LogP contribution in [0.4, 0.5) is 0 Å². The molecule has 20 heavy (non-hydrogen) atoms. The molecule has 0 radical (unpaired) electrons. The van der Waals surface area contributed by atoms with Crippen molar-refractivity contribution in [3.8, 4) is 5.75 Å². The highest BCUT2D eigenvalue weighted by atomic mass is 127. The minimum atomic E-state index is 0.141. The summed E-state index contributed by atoms with van der Waals surface area (Å²) in [5, 5.41) is 3.39. The van der Waals surface area contributed by atoms with E-state index in [1.807, 2.05) is 19.2 Å². The Hall–Kier alpha value is -1.07. The van der Waals surface area contributed by atoms with Crippen LogP contribution in [0.25, 0.3) is 0 Å². The summed E-state index contributed by atoms with van der Waals surface area (Å²) >= 11 is 2.32. The molecule has 3 heteroatoms. The number of rotatable bonds is 5. The van der Waals surface area contributed by atoms with E-state index >= 15 is 0 Å². The summed E-state index contributed by atoms with van der Waals surface area (Å²) < 4.78 is 7.18. The first-order chi connectivity index (χ1) is 9.61. The number of halogens is 1. The molecule has 0 spiro atoms. The van der Waals surface area contributed by atoms with Crippen molar-refractivity contribution in [2.24, 2.45) is 0 Å². The van der Waals surface area contributed by atoms with Gasteiger partial charge in [-0.1, -0.05) is 30.3 Å². The van der Waals surface area contributed by atoms with Gasteiger partial charge in [0.2, 0.25) is 0 Å². The van der Waals surface area contributed by atoms with E-state index in [0.717, 1.165) is 5.75 Å². The number of hydrogen-bond acceptors (Lipinski definition) is 2. The molecule has 0 saturated carbocycles. The van der Waals surface area contributed by atoms with Crippen molar-refractivity contribution < 1.29 is 4.74 Å². The van der Waals surface area contributed by atoms with Crippen molar-refractivity contribution in [3.63, 3.8) is 0 Å². The Balaban J connectivity index is 2.38. The summed E-state index contributed by atoms with van der Waals surface area (Å²) in [6, 6.07) is 17.0. The molecule has 2 aromatic rings. The first kappa shape index (κ1) is 15.3. The fourth-order valence-electron chi connectivity index (χ4n) is 2.24. The van der Waals surface area contributed by atoms with Crippen molar-refractivity contribution in [2.75, 3.05) is 7.05 Å². The maximum Gasteiger partial charge on any atom is 0.124 e. The summed E-state index contributed by atoms with van der Waals surface area (Å²) in [6.07, 6.45) is 0.172. The van der Waals surface area contributed by atoms with Crippen LogP contribution in [0.5, 0.6) is 5.75 Å². The monoisotopic (exact) mass is 381 g/mol. The molecule has 2 nitrogen and oxygen atoms in total. The van der Waals surface area contributed by atoms with Crippen LogP contribution in [0.3, 0.4) is 0 Å². The molecule has 0 amide bonds. The van der Waals surface area contributed by atoms with E-state index in [1.165, 1.54) is 14.7 Å². The Bertz CT molecular complexity index is 551. The van der Waals surface area contributed by atoms with Crippen molar-refractivity contribution in [1.82, 2.24) is 5.32 Å². The standard InChI is InChI=1S/C17H20INO/c1-12(2)20-16-7-5-4-6-15(16)17(19-3)13-8-10-14(18)11-9-13/h4-12,17,19H,1-3H3. The van der Waals surface area contributed by atoms with Gasteiger partial charge in [-0.05, 0) is 67.2 Å². The number of nitrogens with one attached hydrogen (secondary N) is 1. The third-order valence-electron chi connectivity index (χ3n) is 3.08. The highest BCUT2D eigenvalue weighted by Crippen LogP contribution is 2.30.